The van der Waals surface area contributed by atoms with Gasteiger partial charge in [0, 0.05) is 45.0 Å². The third-order valence-electron chi connectivity index (χ3n) is 4.73. The topological polar surface area (TPSA) is 61.9 Å². The Labute approximate surface area is 166 Å². The van der Waals surface area contributed by atoms with Crippen molar-refractivity contribution in [1.29, 1.82) is 0 Å². The minimum absolute atomic E-state index is 0.233. The molecule has 0 atom stereocenters. The summed E-state index contributed by atoms with van der Waals surface area (Å²) >= 11 is 0. The number of nitrogens with one attached hydrogen (secondary N) is 1. The number of sulfonamides is 1. The highest BCUT2D eigenvalue weighted by Gasteiger charge is 2.18. The van der Waals surface area contributed by atoms with Crippen LogP contribution in [0.3, 0.4) is 0 Å². The van der Waals surface area contributed by atoms with Gasteiger partial charge in [-0.15, -0.1) is 0 Å². The predicted molar refractivity (Wildman–Crippen MR) is 108 cm³/mol. The molecule has 0 saturated carbocycles. The van der Waals surface area contributed by atoms with Crippen molar-refractivity contribution in [2.24, 2.45) is 0 Å². The molecule has 0 aromatic heterocycles. The first-order valence-corrected chi connectivity index (χ1v) is 10.9. The van der Waals surface area contributed by atoms with E-state index in [1.54, 1.807) is 36.4 Å². The van der Waals surface area contributed by atoms with Crippen LogP contribution in [-0.4, -0.2) is 59.2 Å². The summed E-state index contributed by atoms with van der Waals surface area (Å²) in [6.07, 6.45) is 0. The number of rotatable bonds is 8. The second kappa shape index (κ2) is 9.36. The van der Waals surface area contributed by atoms with Gasteiger partial charge in [-0.1, -0.05) is 0 Å². The Hall–Kier alpha value is -2.16. The van der Waals surface area contributed by atoms with Crippen molar-refractivity contribution in [2.75, 3.05) is 50.8 Å². The van der Waals surface area contributed by atoms with Crippen LogP contribution < -0.4 is 14.4 Å². The van der Waals surface area contributed by atoms with Gasteiger partial charge >= 0.3 is 0 Å². The van der Waals surface area contributed by atoms with E-state index in [4.69, 9.17) is 4.74 Å². The third-order valence-corrected chi connectivity index (χ3v) is 6.21. The summed E-state index contributed by atoms with van der Waals surface area (Å²) in [6.45, 7) is 6.75. The molecule has 0 radical (unpaired) electrons. The minimum Gasteiger partial charge on any atom is -0.494 e. The number of halogens is 1. The molecule has 0 bridgehead atoms. The van der Waals surface area contributed by atoms with Crippen molar-refractivity contribution < 1.29 is 17.5 Å². The molecule has 6 nitrogen and oxygen atoms in total. The van der Waals surface area contributed by atoms with E-state index in [1.165, 1.54) is 12.1 Å². The van der Waals surface area contributed by atoms with Crippen LogP contribution in [0.25, 0.3) is 0 Å². The number of piperazine rings is 1. The number of hydrogen-bond donors (Lipinski definition) is 1. The van der Waals surface area contributed by atoms with Crippen molar-refractivity contribution in [3.05, 3.63) is 54.3 Å². The van der Waals surface area contributed by atoms with Crippen LogP contribution >= 0.6 is 0 Å². The molecule has 2 aromatic carbocycles. The lowest BCUT2D eigenvalue weighted by Crippen LogP contribution is -2.48. The molecule has 8 heteroatoms. The fourth-order valence-corrected chi connectivity index (χ4v) is 4.21. The Morgan fingerprint density at radius 3 is 2.25 bits per heavy atom. The number of nitrogens with zero attached hydrogens (tertiary/aromatic N) is 2. The highest BCUT2D eigenvalue weighted by atomic mass is 32.2. The smallest absolute Gasteiger partial charge is 0.240 e. The van der Waals surface area contributed by atoms with E-state index >= 15 is 0 Å². The third kappa shape index (κ3) is 5.43. The van der Waals surface area contributed by atoms with Crippen LogP contribution in [0.15, 0.2) is 53.4 Å². The Morgan fingerprint density at radius 1 is 1.00 bits per heavy atom. The fourth-order valence-electron chi connectivity index (χ4n) is 3.18. The van der Waals surface area contributed by atoms with Gasteiger partial charge in [0.05, 0.1) is 11.5 Å². The highest BCUT2D eigenvalue weighted by Crippen LogP contribution is 2.17. The van der Waals surface area contributed by atoms with Gasteiger partial charge in [-0.3, -0.25) is 4.90 Å². The Kier molecular flexibility index (Phi) is 6.88. The lowest BCUT2D eigenvalue weighted by Gasteiger charge is -2.36. The van der Waals surface area contributed by atoms with Crippen molar-refractivity contribution in [3.63, 3.8) is 0 Å². The summed E-state index contributed by atoms with van der Waals surface area (Å²) < 4.78 is 45.8. The van der Waals surface area contributed by atoms with E-state index in [1.807, 2.05) is 6.92 Å². The lowest BCUT2D eigenvalue weighted by molar-refractivity contribution is 0.262. The summed E-state index contributed by atoms with van der Waals surface area (Å²) in [7, 11) is -3.53. The van der Waals surface area contributed by atoms with Crippen LogP contribution in [0.4, 0.5) is 10.1 Å². The zero-order chi connectivity index (χ0) is 20.0. The standard InChI is InChI=1S/C20H26FN3O3S/c1-2-27-19-7-9-20(10-8-19)28(25,26)22-11-12-23-13-15-24(16-14-23)18-5-3-17(21)4-6-18/h3-10,22H,2,11-16H2,1H3. The van der Waals surface area contributed by atoms with E-state index in [0.717, 1.165) is 31.9 Å². The summed E-state index contributed by atoms with van der Waals surface area (Å²) in [5, 5.41) is 0. The van der Waals surface area contributed by atoms with E-state index in [2.05, 4.69) is 14.5 Å². The molecule has 1 saturated heterocycles. The molecule has 1 aliphatic rings. The number of benzene rings is 2. The molecule has 1 N–H and O–H groups in total. The molecule has 0 spiro atoms. The molecule has 28 heavy (non-hydrogen) atoms. The van der Waals surface area contributed by atoms with Crippen LogP contribution in [0.2, 0.25) is 0 Å². The molecule has 0 amide bonds. The maximum atomic E-state index is 13.0. The van der Waals surface area contributed by atoms with Gasteiger partial charge < -0.3 is 9.64 Å². The summed E-state index contributed by atoms with van der Waals surface area (Å²) in [5.74, 6) is 0.419. The van der Waals surface area contributed by atoms with Crippen molar-refractivity contribution in [3.8, 4) is 5.75 Å². The quantitative estimate of drug-likeness (QED) is 0.728. The molecular weight excluding hydrogens is 381 g/mol. The molecule has 2 aromatic rings. The van der Waals surface area contributed by atoms with Gasteiger partial charge in [-0.05, 0) is 55.5 Å². The largest absolute Gasteiger partial charge is 0.494 e. The second-order valence-electron chi connectivity index (χ2n) is 6.61. The van der Waals surface area contributed by atoms with E-state index in [9.17, 15) is 12.8 Å². The first kappa shape index (κ1) is 20.6. The first-order valence-electron chi connectivity index (χ1n) is 9.43. The summed E-state index contributed by atoms with van der Waals surface area (Å²) in [5.41, 5.74) is 1.01. The zero-order valence-electron chi connectivity index (χ0n) is 16.0. The van der Waals surface area contributed by atoms with Gasteiger partial charge in [0.1, 0.15) is 11.6 Å². The molecule has 3 rings (SSSR count). The highest BCUT2D eigenvalue weighted by molar-refractivity contribution is 7.89. The van der Waals surface area contributed by atoms with E-state index in [0.29, 0.717) is 25.4 Å². The lowest BCUT2D eigenvalue weighted by atomic mass is 10.2. The summed E-state index contributed by atoms with van der Waals surface area (Å²) in [4.78, 5) is 4.66. The van der Waals surface area contributed by atoms with Gasteiger partial charge in [0.2, 0.25) is 10.0 Å². The predicted octanol–water partition coefficient (Wildman–Crippen LogP) is 2.32. The molecular formula is C20H26FN3O3S. The maximum absolute atomic E-state index is 13.0. The van der Waals surface area contributed by atoms with E-state index in [-0.39, 0.29) is 10.7 Å². The van der Waals surface area contributed by atoms with Crippen LogP contribution in [0, 0.1) is 5.82 Å². The van der Waals surface area contributed by atoms with Crippen LogP contribution in [0.5, 0.6) is 5.75 Å². The molecule has 0 unspecified atom stereocenters. The molecule has 1 aliphatic heterocycles. The van der Waals surface area contributed by atoms with Crippen LogP contribution in [0.1, 0.15) is 6.92 Å². The van der Waals surface area contributed by atoms with Crippen molar-refractivity contribution in [1.82, 2.24) is 9.62 Å². The molecule has 1 fully saturated rings. The number of anilines is 1. The SMILES string of the molecule is CCOc1ccc(S(=O)(=O)NCCN2CCN(c3ccc(F)cc3)CC2)cc1. The van der Waals surface area contributed by atoms with E-state index < -0.39 is 10.0 Å². The molecule has 152 valence electrons. The maximum Gasteiger partial charge on any atom is 0.240 e. The van der Waals surface area contributed by atoms with Crippen LogP contribution in [-0.2, 0) is 10.0 Å². The Balaban J connectivity index is 1.44. The molecule has 1 heterocycles. The van der Waals surface area contributed by atoms with Gasteiger partial charge in [0.15, 0.2) is 0 Å². The number of hydrogen-bond acceptors (Lipinski definition) is 5. The van der Waals surface area contributed by atoms with Gasteiger partial charge in [0.25, 0.3) is 0 Å². The van der Waals surface area contributed by atoms with Gasteiger partial charge in [-0.25, -0.2) is 17.5 Å². The monoisotopic (exact) mass is 407 g/mol. The average Bonchev–Trinajstić information content (AvgIpc) is 2.70. The molecule has 0 aliphatic carbocycles. The van der Waals surface area contributed by atoms with Gasteiger partial charge in [-0.2, -0.15) is 0 Å². The average molecular weight is 408 g/mol. The minimum atomic E-state index is -3.53. The zero-order valence-corrected chi connectivity index (χ0v) is 16.8. The second-order valence-corrected chi connectivity index (χ2v) is 8.37. The first-order chi connectivity index (χ1) is 13.5. The normalized spacial score (nSPS) is 15.6. The number of ether oxygens (including phenoxy) is 1. The van der Waals surface area contributed by atoms with Crippen molar-refractivity contribution in [2.45, 2.75) is 11.8 Å². The van der Waals surface area contributed by atoms with Crippen molar-refractivity contribution >= 4 is 15.7 Å². The summed E-state index contributed by atoms with van der Waals surface area (Å²) in [6, 6.07) is 12.9. The Bertz CT molecular complexity index is 849. The Morgan fingerprint density at radius 2 is 1.64 bits per heavy atom. The fraction of sp³-hybridized carbons (Fsp3) is 0.400.